The predicted octanol–water partition coefficient (Wildman–Crippen LogP) is 3.91. The van der Waals surface area contributed by atoms with Crippen molar-refractivity contribution in [1.29, 1.82) is 0 Å². The molecule has 0 fully saturated rings. The van der Waals surface area contributed by atoms with E-state index in [2.05, 4.69) is 0 Å². The average Bonchev–Trinajstić information content (AvgIpc) is 2.15. The first-order valence-corrected chi connectivity index (χ1v) is 4.61. The molecule has 14 heavy (non-hydrogen) atoms. The Balaban J connectivity index is 3.06. The highest BCUT2D eigenvalue weighted by molar-refractivity contribution is 5.30. The molecule has 0 N–H and O–H groups in total. The van der Waals surface area contributed by atoms with Gasteiger partial charge in [-0.15, -0.1) is 0 Å². The molecule has 0 heterocycles. The second-order valence-corrected chi connectivity index (χ2v) is 3.32. The van der Waals surface area contributed by atoms with Crippen LogP contribution < -0.4 is 0 Å². The van der Waals surface area contributed by atoms with Crippen molar-refractivity contribution < 1.29 is 13.2 Å². The Hall–Kier alpha value is -0.990. The zero-order chi connectivity index (χ0) is 10.8. The summed E-state index contributed by atoms with van der Waals surface area (Å²) in [5.41, 5.74) is 1.17. The molecule has 0 saturated heterocycles. The number of halogens is 3. The lowest BCUT2D eigenvalue weighted by Gasteiger charge is -2.18. The normalized spacial score (nSPS) is 14.1. The molecule has 0 aliphatic carbocycles. The minimum Gasteiger partial charge on any atom is -0.170 e. The molecule has 78 valence electrons. The molecule has 0 aliphatic heterocycles. The van der Waals surface area contributed by atoms with Crippen molar-refractivity contribution in [2.45, 2.75) is 32.4 Å². The fourth-order valence-corrected chi connectivity index (χ4v) is 1.45. The zero-order valence-corrected chi connectivity index (χ0v) is 8.23. The van der Waals surface area contributed by atoms with Crippen LogP contribution in [-0.2, 0) is 6.42 Å². The molecule has 0 aromatic heterocycles. The lowest BCUT2D eigenvalue weighted by molar-refractivity contribution is -0.146. The summed E-state index contributed by atoms with van der Waals surface area (Å²) in [6.45, 7) is 3.07. The predicted molar refractivity (Wildman–Crippen MR) is 50.3 cm³/mol. The van der Waals surface area contributed by atoms with Gasteiger partial charge in [-0.1, -0.05) is 31.2 Å². The number of hydrogen-bond acceptors (Lipinski definition) is 0. The Kier molecular flexibility index (Phi) is 3.19. The van der Waals surface area contributed by atoms with Crippen molar-refractivity contribution in [3.8, 4) is 0 Å². The van der Waals surface area contributed by atoms with Gasteiger partial charge in [-0.2, -0.15) is 13.2 Å². The van der Waals surface area contributed by atoms with Crippen molar-refractivity contribution in [3.05, 3.63) is 35.4 Å². The zero-order valence-electron chi connectivity index (χ0n) is 8.23. The van der Waals surface area contributed by atoms with Crippen molar-refractivity contribution in [2.75, 3.05) is 0 Å². The minimum absolute atomic E-state index is 0.391. The molecule has 0 bridgehead atoms. The Bertz CT molecular complexity index is 302. The van der Waals surface area contributed by atoms with E-state index in [9.17, 15) is 13.2 Å². The maximum absolute atomic E-state index is 12.5. The van der Waals surface area contributed by atoms with Crippen molar-refractivity contribution in [1.82, 2.24) is 0 Å². The van der Waals surface area contributed by atoms with E-state index in [-0.39, 0.29) is 0 Å². The molecule has 1 atom stereocenters. The summed E-state index contributed by atoms with van der Waals surface area (Å²) in [6, 6.07) is 6.72. The molecular weight excluding hydrogens is 189 g/mol. The van der Waals surface area contributed by atoms with Gasteiger partial charge in [0, 0.05) is 0 Å². The third-order valence-electron chi connectivity index (χ3n) is 2.39. The van der Waals surface area contributed by atoms with Crippen LogP contribution in [0.4, 0.5) is 13.2 Å². The maximum Gasteiger partial charge on any atom is 0.395 e. The maximum atomic E-state index is 12.5. The quantitative estimate of drug-likeness (QED) is 0.682. The summed E-state index contributed by atoms with van der Waals surface area (Å²) in [7, 11) is 0. The van der Waals surface area contributed by atoms with Gasteiger partial charge in [-0.05, 0) is 24.5 Å². The number of benzene rings is 1. The van der Waals surface area contributed by atoms with Gasteiger partial charge in [0.05, 0.1) is 5.92 Å². The van der Waals surface area contributed by atoms with Crippen molar-refractivity contribution >= 4 is 0 Å². The van der Waals surface area contributed by atoms with Gasteiger partial charge < -0.3 is 0 Å². The first-order chi connectivity index (χ1) is 6.46. The van der Waals surface area contributed by atoms with E-state index in [0.29, 0.717) is 12.0 Å². The van der Waals surface area contributed by atoms with Crippen LogP contribution in [-0.4, -0.2) is 6.18 Å². The average molecular weight is 202 g/mol. The molecule has 0 spiro atoms. The minimum atomic E-state index is -4.15. The Morgan fingerprint density at radius 2 is 1.79 bits per heavy atom. The summed E-state index contributed by atoms with van der Waals surface area (Å²) < 4.78 is 37.4. The van der Waals surface area contributed by atoms with Gasteiger partial charge >= 0.3 is 6.18 Å². The van der Waals surface area contributed by atoms with Gasteiger partial charge in [-0.25, -0.2) is 0 Å². The lowest BCUT2D eigenvalue weighted by atomic mass is 9.94. The van der Waals surface area contributed by atoms with E-state index in [0.717, 1.165) is 5.56 Å². The highest BCUT2D eigenvalue weighted by Gasteiger charge is 2.37. The first kappa shape index (κ1) is 11.1. The summed E-state index contributed by atoms with van der Waals surface area (Å²) in [5.74, 6) is -1.38. The summed E-state index contributed by atoms with van der Waals surface area (Å²) in [5, 5.41) is 0. The molecule has 0 amide bonds. The highest BCUT2D eigenvalue weighted by atomic mass is 19.4. The van der Waals surface area contributed by atoms with Crippen LogP contribution in [0, 0.1) is 0 Å². The van der Waals surface area contributed by atoms with Crippen LogP contribution in [0.15, 0.2) is 24.3 Å². The number of rotatable bonds is 2. The van der Waals surface area contributed by atoms with E-state index in [1.807, 2.05) is 6.92 Å². The fourth-order valence-electron chi connectivity index (χ4n) is 1.45. The van der Waals surface area contributed by atoms with E-state index in [1.54, 1.807) is 24.3 Å². The SMILES string of the molecule is CCc1ccccc1C(C)C(F)(F)F. The van der Waals surface area contributed by atoms with E-state index >= 15 is 0 Å². The first-order valence-electron chi connectivity index (χ1n) is 4.61. The van der Waals surface area contributed by atoms with Gasteiger partial charge in [0.1, 0.15) is 0 Å². The van der Waals surface area contributed by atoms with Crippen LogP contribution in [0.5, 0.6) is 0 Å². The summed E-state index contributed by atoms with van der Waals surface area (Å²) in [6.07, 6.45) is -3.51. The van der Waals surface area contributed by atoms with Crippen LogP contribution in [0.25, 0.3) is 0 Å². The van der Waals surface area contributed by atoms with Crippen LogP contribution in [0.1, 0.15) is 30.9 Å². The van der Waals surface area contributed by atoms with Gasteiger partial charge in [0.15, 0.2) is 0 Å². The third-order valence-corrected chi connectivity index (χ3v) is 2.39. The van der Waals surface area contributed by atoms with E-state index in [1.165, 1.54) is 6.92 Å². The molecule has 0 saturated carbocycles. The van der Waals surface area contributed by atoms with Crippen LogP contribution in [0.2, 0.25) is 0 Å². The molecule has 3 heteroatoms. The van der Waals surface area contributed by atoms with E-state index in [4.69, 9.17) is 0 Å². The summed E-state index contributed by atoms with van der Waals surface area (Å²) in [4.78, 5) is 0. The molecule has 0 aliphatic rings. The molecule has 1 rings (SSSR count). The van der Waals surface area contributed by atoms with E-state index < -0.39 is 12.1 Å². The van der Waals surface area contributed by atoms with Crippen LogP contribution in [0.3, 0.4) is 0 Å². The Morgan fingerprint density at radius 1 is 1.21 bits per heavy atom. The molecule has 1 aromatic carbocycles. The fraction of sp³-hybridized carbons (Fsp3) is 0.455. The second kappa shape index (κ2) is 4.03. The lowest BCUT2D eigenvalue weighted by Crippen LogP contribution is -2.18. The largest absolute Gasteiger partial charge is 0.395 e. The monoisotopic (exact) mass is 202 g/mol. The van der Waals surface area contributed by atoms with Gasteiger partial charge in [-0.3, -0.25) is 0 Å². The molecule has 0 nitrogen and oxygen atoms in total. The third kappa shape index (κ3) is 2.28. The molecule has 0 radical (unpaired) electrons. The Morgan fingerprint density at radius 3 is 2.29 bits per heavy atom. The second-order valence-electron chi connectivity index (χ2n) is 3.32. The summed E-state index contributed by atoms with van der Waals surface area (Å²) >= 11 is 0. The number of alkyl halides is 3. The standard InChI is InChI=1S/C11H13F3/c1-3-9-6-4-5-7-10(9)8(2)11(12,13)14/h4-8H,3H2,1-2H3. The topological polar surface area (TPSA) is 0 Å². The van der Waals surface area contributed by atoms with Crippen LogP contribution >= 0.6 is 0 Å². The molecule has 1 aromatic rings. The number of aryl methyl sites for hydroxylation is 1. The van der Waals surface area contributed by atoms with Gasteiger partial charge in [0.25, 0.3) is 0 Å². The molecular formula is C11H13F3. The number of hydrogen-bond donors (Lipinski definition) is 0. The van der Waals surface area contributed by atoms with Gasteiger partial charge in [0.2, 0.25) is 0 Å². The Labute approximate surface area is 81.8 Å². The highest BCUT2D eigenvalue weighted by Crippen LogP contribution is 2.35. The van der Waals surface area contributed by atoms with Crippen molar-refractivity contribution in [2.24, 2.45) is 0 Å². The van der Waals surface area contributed by atoms with Crippen molar-refractivity contribution in [3.63, 3.8) is 0 Å². The smallest absolute Gasteiger partial charge is 0.170 e. The molecule has 1 unspecified atom stereocenters.